The maximum absolute atomic E-state index is 10.4. The normalized spacial score (nSPS) is 43.4. The van der Waals surface area contributed by atoms with Gasteiger partial charge in [0.15, 0.2) is 0 Å². The highest BCUT2D eigenvalue weighted by atomic mass is 16.3. The summed E-state index contributed by atoms with van der Waals surface area (Å²) < 4.78 is 0. The Morgan fingerprint density at radius 2 is 2.18 bits per heavy atom. The van der Waals surface area contributed by atoms with Crippen LogP contribution in [-0.2, 0) is 0 Å². The molecular formula is C15H24O2. The molecule has 2 aliphatic carbocycles. The first kappa shape index (κ1) is 12.8. The van der Waals surface area contributed by atoms with Gasteiger partial charge in [0.05, 0.1) is 12.7 Å². The Balaban J connectivity index is 2.41. The molecule has 1 saturated carbocycles. The smallest absolute Gasteiger partial charge is 0.0630 e. The molecule has 0 aromatic rings. The summed E-state index contributed by atoms with van der Waals surface area (Å²) in [5, 5.41) is 20.1. The van der Waals surface area contributed by atoms with Gasteiger partial charge in [0.2, 0.25) is 0 Å². The molecule has 4 atom stereocenters. The molecule has 0 aliphatic heterocycles. The summed E-state index contributed by atoms with van der Waals surface area (Å²) in [6.45, 7) is 10.5. The molecule has 0 heterocycles. The first-order chi connectivity index (χ1) is 7.90. The fourth-order valence-electron chi connectivity index (χ4n) is 3.86. The summed E-state index contributed by atoms with van der Waals surface area (Å²) in [7, 11) is 0. The van der Waals surface area contributed by atoms with Crippen LogP contribution in [0.25, 0.3) is 0 Å². The summed E-state index contributed by atoms with van der Waals surface area (Å²) in [4.78, 5) is 0. The molecule has 2 heteroatoms. The van der Waals surface area contributed by atoms with E-state index < -0.39 is 11.5 Å². The van der Waals surface area contributed by atoms with Crippen LogP contribution < -0.4 is 0 Å². The Morgan fingerprint density at radius 3 is 2.71 bits per heavy atom. The summed E-state index contributed by atoms with van der Waals surface area (Å²) in [6.07, 6.45) is 5.17. The van der Waals surface area contributed by atoms with Crippen molar-refractivity contribution in [1.29, 1.82) is 0 Å². The van der Waals surface area contributed by atoms with Gasteiger partial charge in [-0.2, -0.15) is 0 Å². The zero-order valence-corrected chi connectivity index (χ0v) is 11.1. The van der Waals surface area contributed by atoms with Crippen LogP contribution in [0.3, 0.4) is 0 Å². The van der Waals surface area contributed by atoms with E-state index in [1.54, 1.807) is 0 Å². The average molecular weight is 236 g/mol. The third-order valence-electron chi connectivity index (χ3n) is 5.43. The molecule has 96 valence electrons. The van der Waals surface area contributed by atoms with E-state index in [2.05, 4.69) is 33.4 Å². The lowest BCUT2D eigenvalue weighted by Gasteiger charge is -2.35. The van der Waals surface area contributed by atoms with Gasteiger partial charge in [-0.3, -0.25) is 0 Å². The van der Waals surface area contributed by atoms with Crippen LogP contribution in [0.15, 0.2) is 24.3 Å². The quantitative estimate of drug-likeness (QED) is 0.739. The number of aliphatic hydroxyl groups excluding tert-OH is 2. The van der Waals surface area contributed by atoms with E-state index in [9.17, 15) is 10.2 Å². The first-order valence-corrected chi connectivity index (χ1v) is 6.49. The van der Waals surface area contributed by atoms with Gasteiger partial charge in [0, 0.05) is 5.41 Å². The molecule has 0 saturated heterocycles. The van der Waals surface area contributed by atoms with Crippen molar-refractivity contribution < 1.29 is 10.2 Å². The van der Waals surface area contributed by atoms with Crippen LogP contribution in [0.4, 0.5) is 0 Å². The molecule has 0 bridgehead atoms. The number of allylic oxidation sites excluding steroid dienone is 3. The van der Waals surface area contributed by atoms with Crippen LogP contribution in [0.5, 0.6) is 0 Å². The SMILES string of the molecule is C=CC[C@]1(CO)C(O)C[C@@H]2[C@H]1C=C(C)C2(C)C. The van der Waals surface area contributed by atoms with Gasteiger partial charge in [-0.25, -0.2) is 0 Å². The Labute approximate surface area is 104 Å². The first-order valence-electron chi connectivity index (χ1n) is 6.49. The lowest BCUT2D eigenvalue weighted by molar-refractivity contribution is -0.00910. The third-order valence-corrected chi connectivity index (χ3v) is 5.43. The summed E-state index contributed by atoms with van der Waals surface area (Å²) >= 11 is 0. The minimum Gasteiger partial charge on any atom is -0.396 e. The predicted octanol–water partition coefficient (Wildman–Crippen LogP) is 2.52. The number of hydrogen-bond acceptors (Lipinski definition) is 2. The van der Waals surface area contributed by atoms with Gasteiger partial charge >= 0.3 is 0 Å². The largest absolute Gasteiger partial charge is 0.396 e. The molecule has 0 aromatic heterocycles. The second-order valence-corrected chi connectivity index (χ2v) is 6.34. The van der Waals surface area contributed by atoms with E-state index in [4.69, 9.17) is 0 Å². The van der Waals surface area contributed by atoms with E-state index in [0.29, 0.717) is 12.3 Å². The molecule has 2 rings (SSSR count). The van der Waals surface area contributed by atoms with Gasteiger partial charge in [-0.15, -0.1) is 6.58 Å². The van der Waals surface area contributed by atoms with E-state index in [-0.39, 0.29) is 17.9 Å². The minimum atomic E-state index is -0.413. The fraction of sp³-hybridized carbons (Fsp3) is 0.733. The Hall–Kier alpha value is -0.600. The van der Waals surface area contributed by atoms with Gasteiger partial charge in [-0.1, -0.05) is 31.6 Å². The van der Waals surface area contributed by atoms with Crippen LogP contribution in [-0.4, -0.2) is 22.9 Å². The Kier molecular flexibility index (Phi) is 2.99. The van der Waals surface area contributed by atoms with Crippen LogP contribution >= 0.6 is 0 Å². The predicted molar refractivity (Wildman–Crippen MR) is 69.5 cm³/mol. The molecule has 17 heavy (non-hydrogen) atoms. The molecule has 1 unspecified atom stereocenters. The van der Waals surface area contributed by atoms with Gasteiger partial charge in [-0.05, 0) is 37.0 Å². The molecule has 0 radical (unpaired) electrons. The third kappa shape index (κ3) is 1.54. The topological polar surface area (TPSA) is 40.5 Å². The standard InChI is InChI=1S/C15H24O2/c1-5-6-15(9-16)12-7-10(2)14(3,4)11(12)8-13(15)17/h5,7,11-13,16-17H,1,6,8-9H2,2-4H3/t11-,12-,13?,15-/m1/s1. The maximum Gasteiger partial charge on any atom is 0.0630 e. The maximum atomic E-state index is 10.4. The van der Waals surface area contributed by atoms with Gasteiger partial charge in [0.1, 0.15) is 0 Å². The lowest BCUT2D eigenvalue weighted by Crippen LogP contribution is -2.38. The zero-order valence-electron chi connectivity index (χ0n) is 11.1. The fourth-order valence-corrected chi connectivity index (χ4v) is 3.86. The molecule has 2 nitrogen and oxygen atoms in total. The highest BCUT2D eigenvalue weighted by molar-refractivity contribution is 5.28. The molecule has 0 spiro atoms. The number of fused-ring (bicyclic) bond motifs is 1. The Bertz CT molecular complexity index is 356. The second-order valence-electron chi connectivity index (χ2n) is 6.34. The number of hydrogen-bond donors (Lipinski definition) is 2. The monoisotopic (exact) mass is 236 g/mol. The van der Waals surface area contributed by atoms with Crippen molar-refractivity contribution in [2.45, 2.75) is 39.7 Å². The number of rotatable bonds is 3. The molecule has 2 N–H and O–H groups in total. The number of aliphatic hydroxyl groups is 2. The zero-order chi connectivity index (χ0) is 12.8. The summed E-state index contributed by atoms with van der Waals surface area (Å²) in [6, 6.07) is 0. The van der Waals surface area contributed by atoms with Crippen molar-refractivity contribution in [3.63, 3.8) is 0 Å². The summed E-state index contributed by atoms with van der Waals surface area (Å²) in [5.74, 6) is 0.736. The summed E-state index contributed by atoms with van der Waals surface area (Å²) in [5.41, 5.74) is 1.13. The molecule has 0 aromatic carbocycles. The van der Waals surface area contributed by atoms with Gasteiger partial charge in [0.25, 0.3) is 0 Å². The van der Waals surface area contributed by atoms with Crippen molar-refractivity contribution >= 4 is 0 Å². The lowest BCUT2D eigenvalue weighted by atomic mass is 9.70. The van der Waals surface area contributed by atoms with Crippen LogP contribution in [0.1, 0.15) is 33.6 Å². The van der Waals surface area contributed by atoms with Crippen LogP contribution in [0, 0.1) is 22.7 Å². The Morgan fingerprint density at radius 1 is 1.53 bits per heavy atom. The van der Waals surface area contributed by atoms with Crippen molar-refractivity contribution in [3.8, 4) is 0 Å². The van der Waals surface area contributed by atoms with Crippen LogP contribution in [0.2, 0.25) is 0 Å². The van der Waals surface area contributed by atoms with Crippen molar-refractivity contribution in [2.24, 2.45) is 22.7 Å². The van der Waals surface area contributed by atoms with E-state index in [0.717, 1.165) is 6.42 Å². The minimum absolute atomic E-state index is 0.0429. The molecular weight excluding hydrogens is 212 g/mol. The average Bonchev–Trinajstić information content (AvgIpc) is 2.66. The molecule has 1 fully saturated rings. The van der Waals surface area contributed by atoms with E-state index in [1.165, 1.54) is 5.57 Å². The van der Waals surface area contributed by atoms with Crippen molar-refractivity contribution in [1.82, 2.24) is 0 Å². The van der Waals surface area contributed by atoms with Crippen molar-refractivity contribution in [3.05, 3.63) is 24.3 Å². The van der Waals surface area contributed by atoms with Gasteiger partial charge < -0.3 is 10.2 Å². The van der Waals surface area contributed by atoms with Crippen molar-refractivity contribution in [2.75, 3.05) is 6.61 Å². The van der Waals surface area contributed by atoms with E-state index in [1.807, 2.05) is 6.08 Å². The second kappa shape index (κ2) is 3.96. The highest BCUT2D eigenvalue weighted by Crippen LogP contribution is 2.61. The molecule has 2 aliphatic rings. The molecule has 0 amide bonds. The highest BCUT2D eigenvalue weighted by Gasteiger charge is 2.59. The van der Waals surface area contributed by atoms with E-state index >= 15 is 0 Å².